The number of hydrogen-bond acceptors (Lipinski definition) is 3. The number of rotatable bonds is 4. The molecule has 8 heteroatoms. The highest BCUT2D eigenvalue weighted by Gasteiger charge is 2.31. The van der Waals surface area contributed by atoms with Crippen molar-refractivity contribution in [2.24, 2.45) is 0 Å². The molecule has 0 spiro atoms. The Morgan fingerprint density at radius 2 is 1.76 bits per heavy atom. The molecule has 1 amide bonds. The molecule has 3 rings (SSSR count). The van der Waals surface area contributed by atoms with Crippen LogP contribution >= 0.6 is 0 Å². The Hall–Kier alpha value is -3.16. The van der Waals surface area contributed by atoms with E-state index in [-0.39, 0.29) is 29.3 Å². The summed E-state index contributed by atoms with van der Waals surface area (Å²) >= 11 is 0. The third-order valence-electron chi connectivity index (χ3n) is 4.57. The van der Waals surface area contributed by atoms with E-state index in [2.05, 4.69) is 10.3 Å². The number of amides is 1. The summed E-state index contributed by atoms with van der Waals surface area (Å²) in [4.78, 5) is 18.8. The first-order valence-electron chi connectivity index (χ1n) is 8.79. The molecule has 0 radical (unpaired) electrons. The van der Waals surface area contributed by atoms with Crippen LogP contribution in [0.1, 0.15) is 27.0 Å². The van der Waals surface area contributed by atoms with Crippen LogP contribution in [0.2, 0.25) is 0 Å². The molecule has 0 aliphatic carbocycles. The molecule has 1 N–H and O–H groups in total. The molecule has 29 heavy (non-hydrogen) atoms. The van der Waals surface area contributed by atoms with Crippen LogP contribution in [-0.4, -0.2) is 25.0 Å². The zero-order valence-corrected chi connectivity index (χ0v) is 16.1. The number of nitrogens with zero attached hydrogens (tertiary/aromatic N) is 2. The zero-order valence-electron chi connectivity index (χ0n) is 16.1. The number of benzene rings is 2. The maximum Gasteiger partial charge on any atom is 0.416 e. The zero-order chi connectivity index (χ0) is 21.3. The molecule has 2 aromatic carbocycles. The third kappa shape index (κ3) is 4.31. The normalized spacial score (nSPS) is 11.6. The summed E-state index contributed by atoms with van der Waals surface area (Å²) in [5.74, 6) is -0.515. The van der Waals surface area contributed by atoms with Gasteiger partial charge in [0.1, 0.15) is 11.6 Å². The highest BCUT2D eigenvalue weighted by atomic mass is 19.4. The van der Waals surface area contributed by atoms with Crippen molar-refractivity contribution in [2.75, 3.05) is 19.0 Å². The molecule has 0 saturated carbocycles. The lowest BCUT2D eigenvalue weighted by Gasteiger charge is -2.20. The van der Waals surface area contributed by atoms with E-state index < -0.39 is 17.6 Å². The first-order chi connectivity index (χ1) is 13.6. The van der Waals surface area contributed by atoms with Gasteiger partial charge < -0.3 is 10.2 Å². The molecular weight excluding hydrogens is 386 g/mol. The standard InChI is InChI=1S/C21H19F4N3O/c1-12-16-9-6-14(21(23,24)25)10-17(16)27-19(28(2)3)18(12)20(29)26-11-13-4-7-15(22)8-5-13/h4-10H,11H2,1-3H3,(H,26,29). The number of hydrogen-bond donors (Lipinski definition) is 1. The fourth-order valence-corrected chi connectivity index (χ4v) is 3.06. The number of nitrogens with one attached hydrogen (secondary N) is 1. The van der Waals surface area contributed by atoms with Crippen LogP contribution in [0, 0.1) is 12.7 Å². The maximum atomic E-state index is 13.0. The summed E-state index contributed by atoms with van der Waals surface area (Å²) in [6.07, 6.45) is -4.48. The van der Waals surface area contributed by atoms with Gasteiger partial charge in [-0.3, -0.25) is 4.79 Å². The second-order valence-electron chi connectivity index (χ2n) is 6.87. The van der Waals surface area contributed by atoms with Gasteiger partial charge in [-0.1, -0.05) is 18.2 Å². The van der Waals surface area contributed by atoms with Crippen LogP contribution in [0.15, 0.2) is 42.5 Å². The molecule has 152 valence electrons. The number of pyridine rings is 1. The maximum absolute atomic E-state index is 13.0. The average Bonchev–Trinajstić information content (AvgIpc) is 2.66. The fourth-order valence-electron chi connectivity index (χ4n) is 3.06. The molecule has 1 aromatic heterocycles. The third-order valence-corrected chi connectivity index (χ3v) is 4.57. The summed E-state index contributed by atoms with van der Waals surface area (Å²) in [6.45, 7) is 1.85. The quantitative estimate of drug-likeness (QED) is 0.640. The average molecular weight is 405 g/mol. The van der Waals surface area contributed by atoms with Crippen molar-refractivity contribution >= 4 is 22.6 Å². The van der Waals surface area contributed by atoms with Gasteiger partial charge in [-0.15, -0.1) is 0 Å². The molecule has 0 aliphatic heterocycles. The minimum Gasteiger partial charge on any atom is -0.362 e. The second kappa shape index (κ2) is 7.69. The van der Waals surface area contributed by atoms with Crippen molar-refractivity contribution in [3.8, 4) is 0 Å². The van der Waals surface area contributed by atoms with Gasteiger partial charge in [-0.2, -0.15) is 13.2 Å². The van der Waals surface area contributed by atoms with Gasteiger partial charge in [0, 0.05) is 26.0 Å². The molecular formula is C21H19F4N3O. The number of halogens is 4. The monoisotopic (exact) mass is 405 g/mol. The summed E-state index contributed by atoms with van der Waals surface area (Å²) in [7, 11) is 3.33. The van der Waals surface area contributed by atoms with Gasteiger partial charge in [-0.25, -0.2) is 9.37 Å². The lowest BCUT2D eigenvalue weighted by molar-refractivity contribution is -0.137. The van der Waals surface area contributed by atoms with E-state index >= 15 is 0 Å². The lowest BCUT2D eigenvalue weighted by atomic mass is 10.0. The summed E-state index contributed by atoms with van der Waals surface area (Å²) in [5.41, 5.74) is 0.895. The number of aromatic nitrogens is 1. The Morgan fingerprint density at radius 1 is 1.10 bits per heavy atom. The van der Waals surface area contributed by atoms with Gasteiger partial charge in [0.25, 0.3) is 5.91 Å². The summed E-state index contributed by atoms with van der Waals surface area (Å²) in [6, 6.07) is 9.01. The Kier molecular flexibility index (Phi) is 5.46. The topological polar surface area (TPSA) is 45.2 Å². The van der Waals surface area contributed by atoms with E-state index in [9.17, 15) is 22.4 Å². The highest BCUT2D eigenvalue weighted by Crippen LogP contribution is 2.34. The Balaban J connectivity index is 2.01. The smallest absolute Gasteiger partial charge is 0.362 e. The van der Waals surface area contributed by atoms with Crippen molar-refractivity contribution < 1.29 is 22.4 Å². The second-order valence-corrected chi connectivity index (χ2v) is 6.87. The van der Waals surface area contributed by atoms with Crippen molar-refractivity contribution in [3.63, 3.8) is 0 Å². The number of carbonyl (C=O) groups excluding carboxylic acids is 1. The van der Waals surface area contributed by atoms with Crippen LogP contribution in [0.5, 0.6) is 0 Å². The molecule has 0 fully saturated rings. The predicted octanol–water partition coefficient (Wildman–Crippen LogP) is 4.70. The molecule has 1 heterocycles. The van der Waals surface area contributed by atoms with Gasteiger partial charge >= 0.3 is 6.18 Å². The van der Waals surface area contributed by atoms with Crippen LogP contribution in [-0.2, 0) is 12.7 Å². The molecule has 0 bridgehead atoms. The minimum absolute atomic E-state index is 0.163. The summed E-state index contributed by atoms with van der Waals surface area (Å²) < 4.78 is 52.2. The van der Waals surface area contributed by atoms with Crippen molar-refractivity contribution in [1.29, 1.82) is 0 Å². The van der Waals surface area contributed by atoms with Crippen LogP contribution < -0.4 is 10.2 Å². The van der Waals surface area contributed by atoms with Crippen molar-refractivity contribution in [2.45, 2.75) is 19.6 Å². The lowest BCUT2D eigenvalue weighted by Crippen LogP contribution is -2.27. The number of carbonyl (C=O) groups is 1. The van der Waals surface area contributed by atoms with E-state index in [1.807, 2.05) is 0 Å². The van der Waals surface area contributed by atoms with Crippen LogP contribution in [0.3, 0.4) is 0 Å². The van der Waals surface area contributed by atoms with Gasteiger partial charge in [-0.05, 0) is 42.3 Å². The fraction of sp³-hybridized carbons (Fsp3) is 0.238. The molecule has 0 atom stereocenters. The molecule has 0 aliphatic rings. The van der Waals surface area contributed by atoms with Crippen LogP contribution in [0.25, 0.3) is 10.9 Å². The van der Waals surface area contributed by atoms with E-state index in [1.165, 1.54) is 18.2 Å². The molecule has 3 aromatic rings. The van der Waals surface area contributed by atoms with E-state index in [1.54, 1.807) is 38.1 Å². The first kappa shape index (κ1) is 20.6. The number of fused-ring (bicyclic) bond motifs is 1. The number of aryl methyl sites for hydroxylation is 1. The van der Waals surface area contributed by atoms with Gasteiger partial charge in [0.2, 0.25) is 0 Å². The number of anilines is 1. The SMILES string of the molecule is Cc1c(C(=O)NCc2ccc(F)cc2)c(N(C)C)nc2cc(C(F)(F)F)ccc12. The first-order valence-corrected chi connectivity index (χ1v) is 8.79. The molecule has 4 nitrogen and oxygen atoms in total. The van der Waals surface area contributed by atoms with E-state index in [0.717, 1.165) is 12.1 Å². The Bertz CT molecular complexity index is 1060. The van der Waals surface area contributed by atoms with Crippen LogP contribution in [0.4, 0.5) is 23.4 Å². The van der Waals surface area contributed by atoms with Gasteiger partial charge in [0.05, 0.1) is 16.6 Å². The van der Waals surface area contributed by atoms with E-state index in [4.69, 9.17) is 0 Å². The Morgan fingerprint density at radius 3 is 2.34 bits per heavy atom. The summed E-state index contributed by atoms with van der Waals surface area (Å²) in [5, 5.41) is 3.23. The predicted molar refractivity (Wildman–Crippen MR) is 103 cm³/mol. The number of alkyl halides is 3. The minimum atomic E-state index is -4.48. The largest absolute Gasteiger partial charge is 0.416 e. The molecule has 0 saturated heterocycles. The van der Waals surface area contributed by atoms with Crippen molar-refractivity contribution in [1.82, 2.24) is 10.3 Å². The molecule has 0 unspecified atom stereocenters. The van der Waals surface area contributed by atoms with E-state index in [0.29, 0.717) is 16.5 Å². The Labute approximate surface area is 165 Å². The highest BCUT2D eigenvalue weighted by molar-refractivity contribution is 6.05. The van der Waals surface area contributed by atoms with Crippen molar-refractivity contribution in [3.05, 3.63) is 70.5 Å². The van der Waals surface area contributed by atoms with Gasteiger partial charge in [0.15, 0.2) is 0 Å².